The minimum atomic E-state index is 0.887. The van der Waals surface area contributed by atoms with Crippen molar-refractivity contribution in [3.63, 3.8) is 0 Å². The molecule has 0 N–H and O–H groups in total. The number of benzene rings is 13. The zero-order valence-electron chi connectivity index (χ0n) is 40.9. The van der Waals surface area contributed by atoms with Crippen molar-refractivity contribution in [3.05, 3.63) is 279 Å². The van der Waals surface area contributed by atoms with Crippen molar-refractivity contribution in [1.29, 1.82) is 0 Å². The lowest BCUT2D eigenvalue weighted by Gasteiger charge is -2.29. The molecule has 0 fully saturated rings. The van der Waals surface area contributed by atoms with E-state index >= 15 is 0 Å². The van der Waals surface area contributed by atoms with E-state index in [2.05, 4.69) is 289 Å². The van der Waals surface area contributed by atoms with Gasteiger partial charge in [-0.25, -0.2) is 0 Å². The van der Waals surface area contributed by atoms with Gasteiger partial charge in [0.25, 0.3) is 0 Å². The molecule has 2 aromatic heterocycles. The van der Waals surface area contributed by atoms with Crippen LogP contribution in [0.1, 0.15) is 0 Å². The molecule has 0 saturated carbocycles. The average molecular weight is 955 g/mol. The molecule has 13 aromatic carbocycles. The Morgan fingerprint density at radius 1 is 0.267 bits per heavy atom. The van der Waals surface area contributed by atoms with Crippen LogP contribution >= 0.6 is 0 Å². The van der Waals surface area contributed by atoms with E-state index < -0.39 is 0 Å². The topological polar surface area (TPSA) is 21.3 Å². The first kappa shape index (κ1) is 42.7. The van der Waals surface area contributed by atoms with Gasteiger partial charge in [0.1, 0.15) is 11.2 Å². The average Bonchev–Trinajstić information content (AvgIpc) is 4.05. The van der Waals surface area contributed by atoms with E-state index in [1.54, 1.807) is 0 Å². The molecule has 0 atom stereocenters. The van der Waals surface area contributed by atoms with Crippen LogP contribution in [0, 0.1) is 0 Å². The lowest BCUT2D eigenvalue weighted by Crippen LogP contribution is -2.11. The van der Waals surface area contributed by atoms with Crippen LogP contribution in [0.3, 0.4) is 0 Å². The summed E-state index contributed by atoms with van der Waals surface area (Å²) in [6, 6.07) is 102. The summed E-state index contributed by atoms with van der Waals surface area (Å²) < 4.78 is 9.31. The normalized spacial score (nSPS) is 11.7. The van der Waals surface area contributed by atoms with Crippen LogP contribution < -0.4 is 4.90 Å². The molecular weight excluding hydrogens is 909 g/mol. The summed E-state index contributed by atoms with van der Waals surface area (Å²) in [5.41, 5.74) is 17.5. The molecular formula is C72H46N2O. The van der Waals surface area contributed by atoms with E-state index in [9.17, 15) is 0 Å². The first-order valence-electron chi connectivity index (χ1n) is 25.7. The minimum Gasteiger partial charge on any atom is -0.455 e. The van der Waals surface area contributed by atoms with Gasteiger partial charge in [-0.05, 0) is 133 Å². The molecule has 15 aromatic rings. The third kappa shape index (κ3) is 7.12. The first-order valence-corrected chi connectivity index (χ1v) is 25.7. The molecule has 0 unspecified atom stereocenters. The van der Waals surface area contributed by atoms with Crippen LogP contribution in [0.15, 0.2) is 283 Å². The minimum absolute atomic E-state index is 0.887. The molecule has 2 heterocycles. The van der Waals surface area contributed by atoms with E-state index in [4.69, 9.17) is 4.42 Å². The first-order chi connectivity index (χ1) is 37.2. The summed E-state index contributed by atoms with van der Waals surface area (Å²) in [5.74, 6) is 0. The lowest BCUT2D eigenvalue weighted by molar-refractivity contribution is 0.674. The summed E-state index contributed by atoms with van der Waals surface area (Å²) in [5, 5.41) is 12.0. The van der Waals surface area contributed by atoms with Crippen molar-refractivity contribution in [2.24, 2.45) is 0 Å². The molecule has 0 spiro atoms. The smallest absolute Gasteiger partial charge is 0.143 e. The van der Waals surface area contributed by atoms with Crippen molar-refractivity contribution >= 4 is 93.1 Å². The summed E-state index contributed by atoms with van der Waals surface area (Å²) in [4.78, 5) is 2.42. The monoisotopic (exact) mass is 954 g/mol. The number of anilines is 3. The van der Waals surface area contributed by atoms with Gasteiger partial charge >= 0.3 is 0 Å². The Morgan fingerprint density at radius 2 is 0.813 bits per heavy atom. The Morgan fingerprint density at radius 3 is 1.61 bits per heavy atom. The van der Waals surface area contributed by atoms with Crippen molar-refractivity contribution in [1.82, 2.24) is 4.57 Å². The third-order valence-electron chi connectivity index (χ3n) is 15.3. The Kier molecular flexibility index (Phi) is 9.89. The number of nitrogens with zero attached hydrogens (tertiary/aromatic N) is 2. The number of rotatable bonds is 8. The molecule has 0 saturated heterocycles. The van der Waals surface area contributed by atoms with Gasteiger partial charge in [0.15, 0.2) is 0 Å². The quantitative estimate of drug-likeness (QED) is 0.142. The molecule has 0 aliphatic rings. The highest BCUT2D eigenvalue weighted by Gasteiger charge is 2.22. The molecule has 75 heavy (non-hydrogen) atoms. The molecule has 0 amide bonds. The van der Waals surface area contributed by atoms with Crippen molar-refractivity contribution in [2.45, 2.75) is 0 Å². The van der Waals surface area contributed by atoms with Crippen LogP contribution in [0.2, 0.25) is 0 Å². The standard InChI is InChI=1S/C72H46N2O/c1-2-15-48(16-3-1)67-46-54(53-34-33-51-32-31-49-17-4-6-23-59(49)66(51)45-53)38-42-70(67)73(57-21-13-20-55(44-57)61-27-14-28-64-65-41-37-50-18-5-7-24-60(50)71(65)75-72(61)64)56-39-35-47(36-40-56)52-19-12-22-58(43-52)74-68-29-10-8-25-62(68)63-26-9-11-30-69(63)74/h1-46H. The fourth-order valence-electron chi connectivity index (χ4n) is 11.8. The Bertz CT molecular complexity index is 4660. The van der Waals surface area contributed by atoms with Crippen LogP contribution in [-0.4, -0.2) is 4.57 Å². The fraction of sp³-hybridized carbons (Fsp3) is 0. The van der Waals surface area contributed by atoms with Crippen molar-refractivity contribution < 1.29 is 4.42 Å². The highest BCUT2D eigenvalue weighted by molar-refractivity contribution is 6.17. The van der Waals surface area contributed by atoms with Crippen LogP contribution in [0.25, 0.3) is 126 Å². The molecule has 0 aliphatic heterocycles. The molecule has 0 bridgehead atoms. The summed E-state index contributed by atoms with van der Waals surface area (Å²) in [6.07, 6.45) is 0. The number of aromatic nitrogens is 1. The number of para-hydroxylation sites is 3. The van der Waals surface area contributed by atoms with Gasteiger partial charge in [0, 0.05) is 55.1 Å². The van der Waals surface area contributed by atoms with Gasteiger partial charge in [0.05, 0.1) is 16.7 Å². The number of hydrogen-bond donors (Lipinski definition) is 0. The van der Waals surface area contributed by atoms with Gasteiger partial charge in [-0.2, -0.15) is 0 Å². The van der Waals surface area contributed by atoms with E-state index in [1.165, 1.54) is 54.3 Å². The van der Waals surface area contributed by atoms with E-state index in [0.29, 0.717) is 0 Å². The molecule has 3 nitrogen and oxygen atoms in total. The van der Waals surface area contributed by atoms with Crippen LogP contribution in [0.5, 0.6) is 0 Å². The van der Waals surface area contributed by atoms with Gasteiger partial charge in [-0.1, -0.05) is 206 Å². The molecule has 0 aliphatic carbocycles. The fourth-order valence-corrected chi connectivity index (χ4v) is 11.8. The second kappa shape index (κ2) is 17.4. The lowest BCUT2D eigenvalue weighted by atomic mass is 9.93. The van der Waals surface area contributed by atoms with Gasteiger partial charge < -0.3 is 13.9 Å². The van der Waals surface area contributed by atoms with Gasteiger partial charge in [-0.15, -0.1) is 0 Å². The van der Waals surface area contributed by atoms with E-state index in [1.807, 2.05) is 0 Å². The molecule has 3 heteroatoms. The largest absolute Gasteiger partial charge is 0.455 e. The maximum atomic E-state index is 6.92. The van der Waals surface area contributed by atoms with Crippen LogP contribution in [0.4, 0.5) is 17.1 Å². The van der Waals surface area contributed by atoms with E-state index in [-0.39, 0.29) is 0 Å². The van der Waals surface area contributed by atoms with Crippen molar-refractivity contribution in [3.8, 4) is 50.2 Å². The number of furan rings is 1. The third-order valence-corrected chi connectivity index (χ3v) is 15.3. The predicted molar refractivity (Wildman–Crippen MR) is 317 cm³/mol. The zero-order valence-corrected chi connectivity index (χ0v) is 40.9. The van der Waals surface area contributed by atoms with Gasteiger partial charge in [-0.3, -0.25) is 0 Å². The summed E-state index contributed by atoms with van der Waals surface area (Å²) in [7, 11) is 0. The SMILES string of the molecule is c1ccc(-c2cc(-c3ccc4ccc5ccccc5c4c3)ccc2N(c2ccc(-c3cccc(-n4c5ccccc5c5ccccc54)c3)cc2)c2cccc(-c3cccc4c3oc3c5ccccc5ccc43)c2)cc1. The molecule has 0 radical (unpaired) electrons. The number of hydrogen-bond acceptors (Lipinski definition) is 2. The number of fused-ring (bicyclic) bond motifs is 11. The Hall–Kier alpha value is -9.96. The van der Waals surface area contributed by atoms with Gasteiger partial charge in [0.2, 0.25) is 0 Å². The Labute approximate surface area is 434 Å². The zero-order chi connectivity index (χ0) is 49.4. The van der Waals surface area contributed by atoms with Crippen molar-refractivity contribution in [2.75, 3.05) is 4.90 Å². The molecule has 350 valence electrons. The second-order valence-corrected chi connectivity index (χ2v) is 19.6. The summed E-state index contributed by atoms with van der Waals surface area (Å²) >= 11 is 0. The maximum absolute atomic E-state index is 6.92. The summed E-state index contributed by atoms with van der Waals surface area (Å²) in [6.45, 7) is 0. The highest BCUT2D eigenvalue weighted by atomic mass is 16.3. The molecule has 15 rings (SSSR count). The van der Waals surface area contributed by atoms with E-state index in [0.717, 1.165) is 89.0 Å². The Balaban J connectivity index is 0.897. The predicted octanol–water partition coefficient (Wildman–Crippen LogP) is 20.3. The highest BCUT2D eigenvalue weighted by Crippen LogP contribution is 2.46. The maximum Gasteiger partial charge on any atom is 0.143 e. The second-order valence-electron chi connectivity index (χ2n) is 19.6. The van der Waals surface area contributed by atoms with Crippen LogP contribution in [-0.2, 0) is 0 Å².